The number of nitrogens with zero attached hydrogens (tertiary/aromatic N) is 2. The number of para-hydroxylation sites is 1. The second kappa shape index (κ2) is 8.05. The Balaban J connectivity index is 1.47. The van der Waals surface area contributed by atoms with Crippen LogP contribution in [-0.4, -0.2) is 30.9 Å². The maximum Gasteiger partial charge on any atom is 0.256 e. The van der Waals surface area contributed by atoms with E-state index in [-0.39, 0.29) is 18.2 Å². The maximum atomic E-state index is 12.9. The van der Waals surface area contributed by atoms with Crippen LogP contribution in [0.1, 0.15) is 38.2 Å². The summed E-state index contributed by atoms with van der Waals surface area (Å²) in [6.07, 6.45) is 4.77. The lowest BCUT2D eigenvalue weighted by Crippen LogP contribution is -2.35. The van der Waals surface area contributed by atoms with Crippen molar-refractivity contribution >= 4 is 28.9 Å². The van der Waals surface area contributed by atoms with E-state index < -0.39 is 6.04 Å². The minimum absolute atomic E-state index is 0.145. The quantitative estimate of drug-likeness (QED) is 0.801. The Morgan fingerprint density at radius 3 is 2.39 bits per heavy atom. The molecule has 0 saturated carbocycles. The number of carbonyl (C=O) groups excluding carboxylic acids is 2. The number of hydrogen-bond donors (Lipinski definition) is 1. The van der Waals surface area contributed by atoms with Crippen LogP contribution in [0.4, 0.5) is 17.1 Å². The van der Waals surface area contributed by atoms with Gasteiger partial charge >= 0.3 is 0 Å². The third kappa shape index (κ3) is 3.61. The zero-order valence-corrected chi connectivity index (χ0v) is 16.4. The Morgan fingerprint density at radius 2 is 1.68 bits per heavy atom. The molecule has 5 nitrogen and oxygen atoms in total. The van der Waals surface area contributed by atoms with Crippen molar-refractivity contribution in [2.75, 3.05) is 28.2 Å². The van der Waals surface area contributed by atoms with Crippen LogP contribution in [0.3, 0.4) is 0 Å². The summed E-state index contributed by atoms with van der Waals surface area (Å²) in [6.45, 7) is 4.24. The summed E-state index contributed by atoms with van der Waals surface area (Å²) in [4.78, 5) is 29.3. The van der Waals surface area contributed by atoms with Crippen molar-refractivity contribution < 1.29 is 9.59 Å². The zero-order valence-electron chi connectivity index (χ0n) is 16.4. The summed E-state index contributed by atoms with van der Waals surface area (Å²) in [5, 5.41) is 3.26. The van der Waals surface area contributed by atoms with E-state index in [0.717, 1.165) is 30.8 Å². The number of imide groups is 1. The Bertz CT molecular complexity index is 856. The molecule has 0 bridgehead atoms. The molecule has 1 atom stereocenters. The first-order chi connectivity index (χ1) is 13.7. The average Bonchev–Trinajstić information content (AvgIpc) is 3.02. The lowest BCUT2D eigenvalue weighted by atomic mass is 10.1. The van der Waals surface area contributed by atoms with Gasteiger partial charge in [-0.2, -0.15) is 0 Å². The molecule has 0 radical (unpaired) electrons. The topological polar surface area (TPSA) is 52.7 Å². The highest BCUT2D eigenvalue weighted by atomic mass is 16.2. The Labute approximate surface area is 166 Å². The van der Waals surface area contributed by atoms with Gasteiger partial charge < -0.3 is 10.2 Å². The van der Waals surface area contributed by atoms with Gasteiger partial charge in [-0.3, -0.25) is 9.59 Å². The molecule has 146 valence electrons. The monoisotopic (exact) mass is 377 g/mol. The van der Waals surface area contributed by atoms with E-state index in [1.807, 2.05) is 43.3 Å². The van der Waals surface area contributed by atoms with Crippen LogP contribution in [0, 0.1) is 0 Å². The van der Waals surface area contributed by atoms with E-state index >= 15 is 0 Å². The fraction of sp³-hybridized carbons (Fsp3) is 0.391. The number of benzene rings is 2. The number of aryl methyl sites for hydroxylation is 1. The van der Waals surface area contributed by atoms with Gasteiger partial charge in [-0.05, 0) is 61.6 Å². The number of amides is 2. The Morgan fingerprint density at radius 1 is 0.964 bits per heavy atom. The number of piperidine rings is 1. The van der Waals surface area contributed by atoms with E-state index in [1.54, 1.807) is 0 Å². The number of anilines is 3. The van der Waals surface area contributed by atoms with Crippen molar-refractivity contribution in [1.29, 1.82) is 0 Å². The lowest BCUT2D eigenvalue weighted by Gasteiger charge is -2.29. The smallest absolute Gasteiger partial charge is 0.256 e. The van der Waals surface area contributed by atoms with Crippen molar-refractivity contribution in [1.82, 2.24) is 0 Å². The molecule has 0 spiro atoms. The minimum Gasteiger partial charge on any atom is -0.373 e. The molecule has 5 heteroatoms. The van der Waals surface area contributed by atoms with Crippen LogP contribution >= 0.6 is 0 Å². The van der Waals surface area contributed by atoms with Crippen molar-refractivity contribution in [3.8, 4) is 0 Å². The van der Waals surface area contributed by atoms with Gasteiger partial charge in [0.05, 0.1) is 12.1 Å². The largest absolute Gasteiger partial charge is 0.373 e. The van der Waals surface area contributed by atoms with Gasteiger partial charge in [0, 0.05) is 24.5 Å². The molecule has 28 heavy (non-hydrogen) atoms. The molecular weight excluding hydrogens is 350 g/mol. The Hall–Kier alpha value is -2.82. The van der Waals surface area contributed by atoms with Crippen molar-refractivity contribution in [2.24, 2.45) is 0 Å². The minimum atomic E-state index is -0.516. The van der Waals surface area contributed by atoms with Crippen LogP contribution in [0.5, 0.6) is 0 Å². The number of nitrogens with one attached hydrogen (secondary N) is 1. The molecule has 1 unspecified atom stereocenters. The van der Waals surface area contributed by atoms with Crippen molar-refractivity contribution in [3.05, 3.63) is 54.1 Å². The summed E-state index contributed by atoms with van der Waals surface area (Å²) >= 11 is 0. The van der Waals surface area contributed by atoms with E-state index in [4.69, 9.17) is 0 Å². The molecule has 2 heterocycles. The SMILES string of the molecule is CCc1ccccc1N1C(=O)CC(Nc2ccc(N3CCCCC3)cc2)C1=O. The van der Waals surface area contributed by atoms with Gasteiger partial charge in [0.15, 0.2) is 0 Å². The fourth-order valence-electron chi connectivity index (χ4n) is 4.15. The van der Waals surface area contributed by atoms with E-state index in [9.17, 15) is 9.59 Å². The summed E-state index contributed by atoms with van der Waals surface area (Å²) in [5.74, 6) is -0.320. The molecule has 2 aliphatic rings. The highest BCUT2D eigenvalue weighted by Crippen LogP contribution is 2.29. The maximum absolute atomic E-state index is 12.9. The first kappa shape index (κ1) is 18.5. The second-order valence-corrected chi connectivity index (χ2v) is 7.55. The van der Waals surface area contributed by atoms with E-state index in [1.165, 1.54) is 29.8 Å². The predicted octanol–water partition coefficient (Wildman–Crippen LogP) is 3.98. The molecule has 2 aromatic carbocycles. The van der Waals surface area contributed by atoms with Crippen LogP contribution in [0.2, 0.25) is 0 Å². The summed E-state index contributed by atoms with van der Waals surface area (Å²) in [6, 6.07) is 15.3. The fourth-order valence-corrected chi connectivity index (χ4v) is 4.15. The predicted molar refractivity (Wildman–Crippen MR) is 113 cm³/mol. The molecule has 2 saturated heterocycles. The van der Waals surface area contributed by atoms with Crippen LogP contribution < -0.4 is 15.1 Å². The second-order valence-electron chi connectivity index (χ2n) is 7.55. The molecule has 0 aliphatic carbocycles. The Kier molecular flexibility index (Phi) is 5.33. The highest BCUT2D eigenvalue weighted by Gasteiger charge is 2.40. The molecule has 2 aliphatic heterocycles. The summed E-state index contributed by atoms with van der Waals surface area (Å²) in [7, 11) is 0. The van der Waals surface area contributed by atoms with Gasteiger partial charge in [-0.1, -0.05) is 25.1 Å². The summed E-state index contributed by atoms with van der Waals surface area (Å²) in [5.41, 5.74) is 3.82. The molecule has 2 aromatic rings. The van der Waals surface area contributed by atoms with Gasteiger partial charge in [0.2, 0.25) is 5.91 Å². The lowest BCUT2D eigenvalue weighted by molar-refractivity contribution is -0.121. The van der Waals surface area contributed by atoms with Gasteiger partial charge in [0.25, 0.3) is 5.91 Å². The summed E-state index contributed by atoms with van der Waals surface area (Å²) < 4.78 is 0. The highest BCUT2D eigenvalue weighted by molar-refractivity contribution is 6.23. The van der Waals surface area contributed by atoms with Gasteiger partial charge in [0.1, 0.15) is 6.04 Å². The number of hydrogen-bond acceptors (Lipinski definition) is 4. The number of rotatable bonds is 5. The zero-order chi connectivity index (χ0) is 19.5. The molecular formula is C23H27N3O2. The van der Waals surface area contributed by atoms with Crippen LogP contribution in [0.25, 0.3) is 0 Å². The molecule has 1 N–H and O–H groups in total. The van der Waals surface area contributed by atoms with Gasteiger partial charge in [-0.15, -0.1) is 0 Å². The van der Waals surface area contributed by atoms with Crippen LogP contribution in [0.15, 0.2) is 48.5 Å². The van der Waals surface area contributed by atoms with E-state index in [2.05, 4.69) is 22.3 Å². The molecule has 2 amide bonds. The van der Waals surface area contributed by atoms with Crippen molar-refractivity contribution in [3.63, 3.8) is 0 Å². The number of carbonyl (C=O) groups is 2. The first-order valence-electron chi connectivity index (χ1n) is 10.2. The van der Waals surface area contributed by atoms with Gasteiger partial charge in [-0.25, -0.2) is 4.90 Å². The standard InChI is InChI=1S/C23H27N3O2/c1-2-17-8-4-5-9-21(17)26-22(27)16-20(23(26)28)24-18-10-12-19(13-11-18)25-14-6-3-7-15-25/h4-5,8-13,20,24H,2-3,6-7,14-16H2,1H3. The third-order valence-electron chi connectivity index (χ3n) is 5.69. The van der Waals surface area contributed by atoms with Crippen LogP contribution in [-0.2, 0) is 16.0 Å². The van der Waals surface area contributed by atoms with E-state index in [0.29, 0.717) is 5.69 Å². The molecule has 4 rings (SSSR count). The van der Waals surface area contributed by atoms with Crippen molar-refractivity contribution in [2.45, 2.75) is 45.1 Å². The first-order valence-corrected chi connectivity index (χ1v) is 10.2. The average molecular weight is 377 g/mol. The third-order valence-corrected chi connectivity index (χ3v) is 5.69. The normalized spacial score (nSPS) is 20.0. The molecule has 0 aromatic heterocycles. The molecule has 2 fully saturated rings.